The van der Waals surface area contributed by atoms with Crippen LogP contribution >= 0.6 is 0 Å². The molecule has 0 saturated heterocycles. The van der Waals surface area contributed by atoms with Gasteiger partial charge in [0.15, 0.2) is 0 Å². The van der Waals surface area contributed by atoms with E-state index in [1.165, 1.54) is 0 Å². The van der Waals surface area contributed by atoms with Crippen LogP contribution in [0.25, 0.3) is 0 Å². The van der Waals surface area contributed by atoms with Gasteiger partial charge in [0.05, 0.1) is 4.90 Å². The molecule has 0 spiro atoms. The summed E-state index contributed by atoms with van der Waals surface area (Å²) in [5.74, 6) is 0. The summed E-state index contributed by atoms with van der Waals surface area (Å²) in [4.78, 5) is 0.343. The second kappa shape index (κ2) is 7.03. The van der Waals surface area contributed by atoms with Crippen LogP contribution in [-0.4, -0.2) is 20.5 Å². The molecule has 0 aromatic heterocycles. The fraction of sp³-hybridized carbons (Fsp3) is 0.571. The van der Waals surface area contributed by atoms with Crippen molar-refractivity contribution in [3.63, 3.8) is 0 Å². The Bertz CT molecular complexity index is 498. The third kappa shape index (κ3) is 4.93. The molecule has 1 aromatic rings. The topological polar surface area (TPSA) is 72.2 Å². The highest BCUT2D eigenvalue weighted by Crippen LogP contribution is 2.18. The summed E-state index contributed by atoms with van der Waals surface area (Å²) in [5.41, 5.74) is 6.80. The van der Waals surface area contributed by atoms with Gasteiger partial charge >= 0.3 is 0 Å². The minimum Gasteiger partial charge on any atom is -0.327 e. The lowest BCUT2D eigenvalue weighted by atomic mass is 10.0. The summed E-state index contributed by atoms with van der Waals surface area (Å²) in [6.07, 6.45) is 2.48. The normalized spacial score (nSPS) is 13.7. The van der Waals surface area contributed by atoms with Gasteiger partial charge in [-0.05, 0) is 38.3 Å². The average molecular weight is 284 g/mol. The van der Waals surface area contributed by atoms with E-state index in [2.05, 4.69) is 11.6 Å². The Kier molecular flexibility index (Phi) is 5.97. The first-order valence-corrected chi connectivity index (χ1v) is 8.21. The summed E-state index contributed by atoms with van der Waals surface area (Å²) in [6, 6.07) is 6.94. The second-order valence-electron chi connectivity index (χ2n) is 5.14. The first kappa shape index (κ1) is 16.1. The van der Waals surface area contributed by atoms with Gasteiger partial charge in [-0.25, -0.2) is 13.1 Å². The zero-order valence-corrected chi connectivity index (χ0v) is 12.7. The van der Waals surface area contributed by atoms with Gasteiger partial charge in [0, 0.05) is 12.1 Å². The van der Waals surface area contributed by atoms with Crippen LogP contribution in [-0.2, 0) is 16.4 Å². The molecule has 0 bridgehead atoms. The molecule has 1 unspecified atom stereocenters. The average Bonchev–Trinajstić information content (AvgIpc) is 2.28. The monoisotopic (exact) mass is 284 g/mol. The molecule has 0 aliphatic rings. The van der Waals surface area contributed by atoms with E-state index in [-0.39, 0.29) is 12.1 Å². The van der Waals surface area contributed by atoms with E-state index >= 15 is 0 Å². The van der Waals surface area contributed by atoms with E-state index in [9.17, 15) is 8.42 Å². The fourth-order valence-electron chi connectivity index (χ4n) is 2.06. The lowest BCUT2D eigenvalue weighted by Gasteiger charge is -2.16. The van der Waals surface area contributed by atoms with Crippen LogP contribution < -0.4 is 10.5 Å². The van der Waals surface area contributed by atoms with Crippen LogP contribution in [0.15, 0.2) is 29.2 Å². The molecule has 0 fully saturated rings. The third-order valence-corrected chi connectivity index (χ3v) is 4.55. The molecule has 3 N–H and O–H groups in total. The van der Waals surface area contributed by atoms with E-state index in [1.54, 1.807) is 12.1 Å². The van der Waals surface area contributed by atoms with E-state index in [4.69, 9.17) is 5.73 Å². The molecule has 108 valence electrons. The van der Waals surface area contributed by atoms with Crippen molar-refractivity contribution in [2.24, 2.45) is 5.73 Å². The van der Waals surface area contributed by atoms with Crippen LogP contribution in [0.2, 0.25) is 0 Å². The van der Waals surface area contributed by atoms with Crippen molar-refractivity contribution in [3.8, 4) is 0 Å². The molecule has 1 aromatic carbocycles. The van der Waals surface area contributed by atoms with Crippen molar-refractivity contribution in [1.82, 2.24) is 4.72 Å². The zero-order valence-electron chi connectivity index (χ0n) is 11.9. The third-order valence-electron chi connectivity index (χ3n) is 2.79. The van der Waals surface area contributed by atoms with Crippen LogP contribution in [0.3, 0.4) is 0 Å². The van der Waals surface area contributed by atoms with Gasteiger partial charge in [0.2, 0.25) is 10.0 Å². The summed E-state index contributed by atoms with van der Waals surface area (Å²) in [7, 11) is -3.46. The van der Waals surface area contributed by atoms with Crippen LogP contribution in [0.4, 0.5) is 0 Å². The number of rotatable bonds is 7. The Balaban J connectivity index is 3.02. The molecule has 5 heteroatoms. The zero-order chi connectivity index (χ0) is 14.5. The van der Waals surface area contributed by atoms with E-state index in [0.29, 0.717) is 11.3 Å². The quantitative estimate of drug-likeness (QED) is 0.805. The van der Waals surface area contributed by atoms with Gasteiger partial charge in [-0.1, -0.05) is 31.5 Å². The van der Waals surface area contributed by atoms with Gasteiger partial charge in [-0.15, -0.1) is 0 Å². The molecule has 1 rings (SSSR count). The van der Waals surface area contributed by atoms with E-state index < -0.39 is 10.0 Å². The molecule has 19 heavy (non-hydrogen) atoms. The minimum absolute atomic E-state index is 0.000370. The molecule has 0 heterocycles. The molecule has 0 saturated carbocycles. The molecular weight excluding hydrogens is 260 g/mol. The summed E-state index contributed by atoms with van der Waals surface area (Å²) in [6.45, 7) is 5.69. The molecule has 1 atom stereocenters. The molecule has 0 aliphatic carbocycles. The summed E-state index contributed by atoms with van der Waals surface area (Å²) < 4.78 is 27.1. The standard InChI is InChI=1S/C14H24N2O2S/c1-4-7-13(15)10-12-8-5-6-9-14(12)19(17,18)16-11(2)3/h5-6,8-9,11,13,16H,4,7,10,15H2,1-3H3. The molecule has 0 radical (unpaired) electrons. The van der Waals surface area contributed by atoms with Gasteiger partial charge in [0.1, 0.15) is 0 Å². The number of nitrogens with two attached hydrogens (primary N) is 1. The highest BCUT2D eigenvalue weighted by atomic mass is 32.2. The maximum atomic E-state index is 12.3. The molecule has 0 amide bonds. The SMILES string of the molecule is CCCC(N)Cc1ccccc1S(=O)(=O)NC(C)C. The van der Waals surface area contributed by atoms with Crippen LogP contribution in [0, 0.1) is 0 Å². The molecular formula is C14H24N2O2S. The van der Waals surface area contributed by atoms with Gasteiger partial charge < -0.3 is 5.73 Å². The Morgan fingerprint density at radius 1 is 1.26 bits per heavy atom. The van der Waals surface area contributed by atoms with Gasteiger partial charge in [0.25, 0.3) is 0 Å². The number of nitrogens with one attached hydrogen (secondary N) is 1. The number of benzene rings is 1. The Morgan fingerprint density at radius 3 is 2.47 bits per heavy atom. The predicted molar refractivity (Wildman–Crippen MR) is 78.5 cm³/mol. The maximum absolute atomic E-state index is 12.3. The highest BCUT2D eigenvalue weighted by molar-refractivity contribution is 7.89. The summed E-state index contributed by atoms with van der Waals surface area (Å²) in [5, 5.41) is 0. The van der Waals surface area contributed by atoms with Crippen molar-refractivity contribution in [1.29, 1.82) is 0 Å². The highest BCUT2D eigenvalue weighted by Gasteiger charge is 2.19. The Morgan fingerprint density at radius 2 is 1.89 bits per heavy atom. The van der Waals surface area contributed by atoms with Crippen molar-refractivity contribution < 1.29 is 8.42 Å². The second-order valence-corrected chi connectivity index (χ2v) is 6.82. The first-order chi connectivity index (χ1) is 8.86. The lowest BCUT2D eigenvalue weighted by molar-refractivity contribution is 0.564. The van der Waals surface area contributed by atoms with Crippen molar-refractivity contribution in [2.45, 2.75) is 57.0 Å². The largest absolute Gasteiger partial charge is 0.327 e. The minimum atomic E-state index is -3.46. The number of sulfonamides is 1. The number of hydrogen-bond acceptors (Lipinski definition) is 3. The molecule has 0 aliphatic heterocycles. The van der Waals surface area contributed by atoms with Gasteiger partial charge in [-0.2, -0.15) is 0 Å². The maximum Gasteiger partial charge on any atom is 0.241 e. The number of hydrogen-bond donors (Lipinski definition) is 2. The summed E-state index contributed by atoms with van der Waals surface area (Å²) >= 11 is 0. The molecule has 4 nitrogen and oxygen atoms in total. The fourth-order valence-corrected chi connectivity index (χ4v) is 3.57. The van der Waals surface area contributed by atoms with Crippen molar-refractivity contribution >= 4 is 10.0 Å². The smallest absolute Gasteiger partial charge is 0.241 e. The van der Waals surface area contributed by atoms with Crippen molar-refractivity contribution in [3.05, 3.63) is 29.8 Å². The lowest BCUT2D eigenvalue weighted by Crippen LogP contribution is -2.31. The van der Waals surface area contributed by atoms with Crippen molar-refractivity contribution in [2.75, 3.05) is 0 Å². The van der Waals surface area contributed by atoms with Crippen LogP contribution in [0.1, 0.15) is 39.2 Å². The van der Waals surface area contributed by atoms with E-state index in [1.807, 2.05) is 26.0 Å². The van der Waals surface area contributed by atoms with Crippen LogP contribution in [0.5, 0.6) is 0 Å². The Hall–Kier alpha value is -0.910. The Labute approximate surface area is 116 Å². The predicted octanol–water partition coefficient (Wildman–Crippen LogP) is 2.04. The first-order valence-electron chi connectivity index (χ1n) is 6.72. The van der Waals surface area contributed by atoms with Gasteiger partial charge in [-0.3, -0.25) is 0 Å². The van der Waals surface area contributed by atoms with E-state index in [0.717, 1.165) is 18.4 Å².